The molecule has 0 fully saturated rings. The molecule has 1 N–H and O–H groups in total. The molecular formula is C18H16O3. The molecule has 0 saturated carbocycles. The summed E-state index contributed by atoms with van der Waals surface area (Å²) in [5, 5.41) is 10.5. The van der Waals surface area contributed by atoms with Crippen molar-refractivity contribution in [2.45, 2.75) is 19.8 Å². The smallest absolute Gasteiger partial charge is 0.193 e. The SMILES string of the molecule is CCCc1c(O)ccc2c(=O)cc(-c3ccccc3)oc12. The van der Waals surface area contributed by atoms with Gasteiger partial charge in [0, 0.05) is 17.2 Å². The van der Waals surface area contributed by atoms with Gasteiger partial charge in [-0.05, 0) is 18.6 Å². The lowest BCUT2D eigenvalue weighted by Gasteiger charge is -2.09. The number of phenols is 1. The first kappa shape index (κ1) is 13.4. The van der Waals surface area contributed by atoms with Crippen LogP contribution in [0.3, 0.4) is 0 Å². The van der Waals surface area contributed by atoms with Crippen molar-refractivity contribution in [1.29, 1.82) is 0 Å². The number of benzene rings is 2. The van der Waals surface area contributed by atoms with Gasteiger partial charge in [-0.25, -0.2) is 0 Å². The Hall–Kier alpha value is -2.55. The van der Waals surface area contributed by atoms with Gasteiger partial charge in [0.05, 0.1) is 5.39 Å². The van der Waals surface area contributed by atoms with E-state index in [1.807, 2.05) is 37.3 Å². The molecule has 0 atom stereocenters. The fourth-order valence-corrected chi connectivity index (χ4v) is 2.50. The van der Waals surface area contributed by atoms with Gasteiger partial charge in [-0.1, -0.05) is 43.7 Å². The summed E-state index contributed by atoms with van der Waals surface area (Å²) in [6, 6.07) is 14.2. The van der Waals surface area contributed by atoms with Crippen molar-refractivity contribution in [2.24, 2.45) is 0 Å². The van der Waals surface area contributed by atoms with Gasteiger partial charge in [-0.15, -0.1) is 0 Å². The van der Waals surface area contributed by atoms with E-state index in [0.717, 1.165) is 12.0 Å². The van der Waals surface area contributed by atoms with Crippen LogP contribution in [0, 0.1) is 0 Å². The van der Waals surface area contributed by atoms with Gasteiger partial charge in [0.25, 0.3) is 0 Å². The van der Waals surface area contributed by atoms with Crippen molar-refractivity contribution < 1.29 is 9.52 Å². The molecule has 2 aromatic carbocycles. The van der Waals surface area contributed by atoms with Crippen LogP contribution < -0.4 is 5.43 Å². The highest BCUT2D eigenvalue weighted by Crippen LogP contribution is 2.30. The monoisotopic (exact) mass is 280 g/mol. The topological polar surface area (TPSA) is 50.4 Å². The number of hydrogen-bond donors (Lipinski definition) is 1. The quantitative estimate of drug-likeness (QED) is 0.785. The third-order valence-electron chi connectivity index (χ3n) is 3.53. The molecule has 21 heavy (non-hydrogen) atoms. The van der Waals surface area contributed by atoms with E-state index in [1.54, 1.807) is 12.1 Å². The zero-order valence-corrected chi connectivity index (χ0v) is 11.8. The van der Waals surface area contributed by atoms with Crippen molar-refractivity contribution in [3.63, 3.8) is 0 Å². The zero-order chi connectivity index (χ0) is 14.8. The van der Waals surface area contributed by atoms with Crippen molar-refractivity contribution in [2.75, 3.05) is 0 Å². The van der Waals surface area contributed by atoms with Crippen LogP contribution >= 0.6 is 0 Å². The predicted molar refractivity (Wildman–Crippen MR) is 83.6 cm³/mol. The second-order valence-corrected chi connectivity index (χ2v) is 5.03. The minimum Gasteiger partial charge on any atom is -0.508 e. The minimum absolute atomic E-state index is 0.0903. The van der Waals surface area contributed by atoms with Crippen LogP contribution in [0.25, 0.3) is 22.3 Å². The van der Waals surface area contributed by atoms with Gasteiger partial charge in [-0.2, -0.15) is 0 Å². The largest absolute Gasteiger partial charge is 0.508 e. The second-order valence-electron chi connectivity index (χ2n) is 5.03. The lowest BCUT2D eigenvalue weighted by atomic mass is 10.0. The molecule has 0 radical (unpaired) electrons. The fourth-order valence-electron chi connectivity index (χ4n) is 2.50. The van der Waals surface area contributed by atoms with Gasteiger partial charge in [0.1, 0.15) is 17.1 Å². The van der Waals surface area contributed by atoms with Crippen LogP contribution in [0.15, 0.2) is 57.7 Å². The van der Waals surface area contributed by atoms with Crippen molar-refractivity contribution in [3.8, 4) is 17.1 Å². The van der Waals surface area contributed by atoms with Crippen LogP contribution in [0.5, 0.6) is 5.75 Å². The Morgan fingerprint density at radius 2 is 1.86 bits per heavy atom. The lowest BCUT2D eigenvalue weighted by Crippen LogP contribution is -2.02. The molecule has 0 amide bonds. The number of rotatable bonds is 3. The second kappa shape index (κ2) is 5.44. The number of phenolic OH excluding ortho intramolecular Hbond substituents is 1. The van der Waals surface area contributed by atoms with Gasteiger partial charge in [0.2, 0.25) is 0 Å². The summed E-state index contributed by atoms with van der Waals surface area (Å²) < 4.78 is 5.93. The summed E-state index contributed by atoms with van der Waals surface area (Å²) in [5.74, 6) is 0.703. The molecule has 0 spiro atoms. The van der Waals surface area contributed by atoms with E-state index >= 15 is 0 Å². The first-order chi connectivity index (χ1) is 10.2. The molecule has 3 rings (SSSR count). The molecule has 0 aliphatic carbocycles. The maximum Gasteiger partial charge on any atom is 0.193 e. The summed E-state index contributed by atoms with van der Waals surface area (Å²) in [7, 11) is 0. The number of hydrogen-bond acceptors (Lipinski definition) is 3. The molecule has 1 heterocycles. The lowest BCUT2D eigenvalue weighted by molar-refractivity contribution is 0.466. The third-order valence-corrected chi connectivity index (χ3v) is 3.53. The molecule has 0 aliphatic heterocycles. The molecular weight excluding hydrogens is 264 g/mol. The molecule has 0 unspecified atom stereocenters. The maximum absolute atomic E-state index is 12.3. The van der Waals surface area contributed by atoms with Gasteiger partial charge in [-0.3, -0.25) is 4.79 Å². The number of aryl methyl sites for hydroxylation is 1. The molecule has 3 nitrogen and oxygen atoms in total. The predicted octanol–water partition coefficient (Wildman–Crippen LogP) is 4.12. The standard InChI is InChI=1S/C18H16O3/c1-2-6-13-15(19)10-9-14-16(20)11-17(21-18(13)14)12-7-4-3-5-8-12/h3-5,7-11,19H,2,6H2,1H3. The van der Waals surface area contributed by atoms with Crippen LogP contribution in [0.2, 0.25) is 0 Å². The van der Waals surface area contributed by atoms with Gasteiger partial charge >= 0.3 is 0 Å². The summed E-state index contributed by atoms with van der Waals surface area (Å²) in [6.07, 6.45) is 1.54. The Balaban J connectivity index is 2.31. The Kier molecular flexibility index (Phi) is 3.48. The van der Waals surface area contributed by atoms with Crippen molar-refractivity contribution >= 4 is 11.0 Å². The molecule has 3 heteroatoms. The highest BCUT2D eigenvalue weighted by atomic mass is 16.3. The van der Waals surface area contributed by atoms with E-state index in [1.165, 1.54) is 6.07 Å². The highest BCUT2D eigenvalue weighted by molar-refractivity contribution is 5.83. The van der Waals surface area contributed by atoms with E-state index < -0.39 is 0 Å². The molecule has 3 aromatic rings. The van der Waals surface area contributed by atoms with E-state index in [0.29, 0.717) is 28.7 Å². The summed E-state index contributed by atoms with van der Waals surface area (Å²) in [4.78, 5) is 12.3. The van der Waals surface area contributed by atoms with Gasteiger partial charge in [0.15, 0.2) is 5.43 Å². The van der Waals surface area contributed by atoms with Crippen molar-refractivity contribution in [3.05, 3.63) is 64.3 Å². The molecule has 1 aromatic heterocycles. The third kappa shape index (κ3) is 2.42. The summed E-state index contributed by atoms with van der Waals surface area (Å²) in [6.45, 7) is 2.03. The fraction of sp³-hybridized carbons (Fsp3) is 0.167. The molecule has 0 bridgehead atoms. The van der Waals surface area contributed by atoms with Gasteiger partial charge < -0.3 is 9.52 Å². The van der Waals surface area contributed by atoms with Crippen molar-refractivity contribution in [1.82, 2.24) is 0 Å². The van der Waals surface area contributed by atoms with Crippen LogP contribution in [0.1, 0.15) is 18.9 Å². The van der Waals surface area contributed by atoms with E-state index in [9.17, 15) is 9.90 Å². The zero-order valence-electron chi connectivity index (χ0n) is 11.8. The van der Waals surface area contributed by atoms with E-state index in [-0.39, 0.29) is 11.2 Å². The Morgan fingerprint density at radius 3 is 2.57 bits per heavy atom. The van der Waals surface area contributed by atoms with Crippen LogP contribution in [-0.4, -0.2) is 5.11 Å². The van der Waals surface area contributed by atoms with E-state index in [2.05, 4.69) is 0 Å². The summed E-state index contributed by atoms with van der Waals surface area (Å²) >= 11 is 0. The van der Waals surface area contributed by atoms with Crippen LogP contribution in [-0.2, 0) is 6.42 Å². The molecule has 106 valence electrons. The first-order valence-corrected chi connectivity index (χ1v) is 7.05. The normalized spacial score (nSPS) is 10.9. The van der Waals surface area contributed by atoms with E-state index in [4.69, 9.17) is 4.42 Å². The molecule has 0 saturated heterocycles. The highest BCUT2D eigenvalue weighted by Gasteiger charge is 2.13. The Morgan fingerprint density at radius 1 is 1.10 bits per heavy atom. The number of fused-ring (bicyclic) bond motifs is 1. The minimum atomic E-state index is -0.0903. The molecule has 0 aliphatic rings. The average Bonchev–Trinajstić information content (AvgIpc) is 2.51. The summed E-state index contributed by atoms with van der Waals surface area (Å²) in [5.41, 5.74) is 1.95. The first-order valence-electron chi connectivity index (χ1n) is 7.05. The average molecular weight is 280 g/mol. The van der Waals surface area contributed by atoms with Crippen LogP contribution in [0.4, 0.5) is 0 Å². The maximum atomic E-state index is 12.3. The Bertz CT molecular complexity index is 832. The number of aromatic hydroxyl groups is 1. The Labute approximate surface area is 122 Å².